The molecule has 1 unspecified atom stereocenters. The summed E-state index contributed by atoms with van der Waals surface area (Å²) in [5, 5.41) is 9.75. The Labute approximate surface area is 152 Å². The maximum Gasteiger partial charge on any atom is 0.225 e. The molecular formula is C19H25FN4O2. The Hall–Kier alpha value is -2.41. The summed E-state index contributed by atoms with van der Waals surface area (Å²) in [5.41, 5.74) is 1.05. The number of anilines is 1. The van der Waals surface area contributed by atoms with Gasteiger partial charge in [0.15, 0.2) is 0 Å². The molecule has 0 aliphatic carbocycles. The Kier molecular flexibility index (Phi) is 5.88. The molecule has 0 bridgehead atoms. The van der Waals surface area contributed by atoms with Crippen molar-refractivity contribution in [1.82, 2.24) is 15.1 Å². The van der Waals surface area contributed by atoms with Crippen LogP contribution in [0.25, 0.3) is 11.3 Å². The molecule has 6 nitrogen and oxygen atoms in total. The number of halogens is 1. The molecule has 2 N–H and O–H groups in total. The average molecular weight is 360 g/mol. The number of methoxy groups -OCH3 is 1. The third-order valence-electron chi connectivity index (χ3n) is 4.84. The van der Waals surface area contributed by atoms with Crippen LogP contribution in [0.15, 0.2) is 24.3 Å². The van der Waals surface area contributed by atoms with Crippen molar-refractivity contribution >= 4 is 11.7 Å². The number of aromatic amines is 1. The zero-order valence-corrected chi connectivity index (χ0v) is 15.2. The predicted octanol–water partition coefficient (Wildman–Crippen LogP) is 3.43. The van der Waals surface area contributed by atoms with Crippen molar-refractivity contribution in [3.8, 4) is 17.0 Å². The fourth-order valence-corrected chi connectivity index (χ4v) is 3.32. The normalized spacial score (nSPS) is 15.8. The minimum atomic E-state index is -0.370. The van der Waals surface area contributed by atoms with Crippen molar-refractivity contribution in [1.29, 1.82) is 0 Å². The van der Waals surface area contributed by atoms with E-state index in [2.05, 4.69) is 27.3 Å². The monoisotopic (exact) mass is 360 g/mol. The molecule has 1 aromatic carbocycles. The molecule has 0 spiro atoms. The number of nitrogens with one attached hydrogen (secondary N) is 2. The molecule has 140 valence electrons. The molecule has 1 aromatic heterocycles. The van der Waals surface area contributed by atoms with Gasteiger partial charge >= 0.3 is 0 Å². The molecule has 1 aliphatic rings. The highest BCUT2D eigenvalue weighted by Crippen LogP contribution is 2.30. The SMILES string of the molecule is COc1ccc(F)cc1-c1cc(NC(=O)CCC(C)N2CCCC2)[nH]n1. The highest BCUT2D eigenvalue weighted by Gasteiger charge is 2.19. The number of H-pyrrole nitrogens is 1. The lowest BCUT2D eigenvalue weighted by Crippen LogP contribution is -2.31. The zero-order chi connectivity index (χ0) is 18.5. The van der Waals surface area contributed by atoms with E-state index in [0.29, 0.717) is 35.3 Å². The molecule has 1 amide bonds. The van der Waals surface area contributed by atoms with E-state index >= 15 is 0 Å². The third-order valence-corrected chi connectivity index (χ3v) is 4.84. The topological polar surface area (TPSA) is 70.2 Å². The van der Waals surface area contributed by atoms with Crippen LogP contribution in [-0.2, 0) is 4.79 Å². The van der Waals surface area contributed by atoms with Crippen molar-refractivity contribution in [3.05, 3.63) is 30.1 Å². The van der Waals surface area contributed by atoms with Crippen LogP contribution in [0, 0.1) is 5.82 Å². The van der Waals surface area contributed by atoms with Gasteiger partial charge in [-0.3, -0.25) is 9.89 Å². The second-order valence-electron chi connectivity index (χ2n) is 6.69. The number of nitrogens with zero attached hydrogens (tertiary/aromatic N) is 2. The minimum Gasteiger partial charge on any atom is -0.496 e. The van der Waals surface area contributed by atoms with Gasteiger partial charge in [0.05, 0.1) is 12.8 Å². The Bertz CT molecular complexity index is 756. The van der Waals surface area contributed by atoms with Crippen molar-refractivity contribution < 1.29 is 13.9 Å². The Balaban J connectivity index is 1.58. The van der Waals surface area contributed by atoms with Crippen LogP contribution in [0.1, 0.15) is 32.6 Å². The van der Waals surface area contributed by atoms with Crippen molar-refractivity contribution in [2.45, 2.75) is 38.6 Å². The molecule has 0 saturated carbocycles. The van der Waals surface area contributed by atoms with E-state index in [0.717, 1.165) is 19.5 Å². The summed E-state index contributed by atoms with van der Waals surface area (Å²) in [5.74, 6) is 0.586. The Morgan fingerprint density at radius 3 is 2.88 bits per heavy atom. The molecule has 2 aromatic rings. The number of rotatable bonds is 7. The molecule has 0 radical (unpaired) electrons. The lowest BCUT2D eigenvalue weighted by Gasteiger charge is -2.23. The fraction of sp³-hybridized carbons (Fsp3) is 0.474. The summed E-state index contributed by atoms with van der Waals surface area (Å²) in [6, 6.07) is 6.34. The van der Waals surface area contributed by atoms with Gasteiger partial charge < -0.3 is 15.0 Å². The lowest BCUT2D eigenvalue weighted by atomic mass is 10.1. The summed E-state index contributed by atoms with van der Waals surface area (Å²) in [7, 11) is 1.52. The van der Waals surface area contributed by atoms with Gasteiger partial charge in [-0.15, -0.1) is 0 Å². The lowest BCUT2D eigenvalue weighted by molar-refractivity contribution is -0.116. The van der Waals surface area contributed by atoms with E-state index in [-0.39, 0.29) is 11.7 Å². The standard InChI is InChI=1S/C19H25FN4O2/c1-13(24-9-3-4-10-24)5-8-19(25)21-18-12-16(22-23-18)15-11-14(20)6-7-17(15)26-2/h6-7,11-13H,3-5,8-10H2,1-2H3,(H2,21,22,23,25). The van der Waals surface area contributed by atoms with E-state index < -0.39 is 0 Å². The molecule has 1 saturated heterocycles. The van der Waals surface area contributed by atoms with Crippen LogP contribution in [-0.4, -0.2) is 47.2 Å². The van der Waals surface area contributed by atoms with Gasteiger partial charge in [0, 0.05) is 24.1 Å². The molecule has 2 heterocycles. The van der Waals surface area contributed by atoms with Crippen LogP contribution in [0.2, 0.25) is 0 Å². The van der Waals surface area contributed by atoms with Gasteiger partial charge in [-0.2, -0.15) is 5.10 Å². The number of carbonyl (C=O) groups excluding carboxylic acids is 1. The molecule has 1 atom stereocenters. The number of aromatic nitrogens is 2. The van der Waals surface area contributed by atoms with Gasteiger partial charge in [0.2, 0.25) is 5.91 Å². The van der Waals surface area contributed by atoms with E-state index in [1.165, 1.54) is 32.1 Å². The fourth-order valence-electron chi connectivity index (χ4n) is 3.32. The van der Waals surface area contributed by atoms with Crippen LogP contribution >= 0.6 is 0 Å². The molecular weight excluding hydrogens is 335 g/mol. The first-order valence-electron chi connectivity index (χ1n) is 9.00. The van der Waals surface area contributed by atoms with E-state index in [1.807, 2.05) is 0 Å². The van der Waals surface area contributed by atoms with E-state index in [4.69, 9.17) is 4.74 Å². The zero-order valence-electron chi connectivity index (χ0n) is 15.2. The van der Waals surface area contributed by atoms with Gasteiger partial charge in [0.1, 0.15) is 17.4 Å². The minimum absolute atomic E-state index is 0.0579. The second kappa shape index (κ2) is 8.31. The summed E-state index contributed by atoms with van der Waals surface area (Å²) in [6.07, 6.45) is 3.77. The number of carbonyl (C=O) groups is 1. The summed E-state index contributed by atoms with van der Waals surface area (Å²) < 4.78 is 18.8. The van der Waals surface area contributed by atoms with Crippen molar-refractivity contribution in [2.75, 3.05) is 25.5 Å². The number of benzene rings is 1. The van der Waals surface area contributed by atoms with E-state index in [1.54, 1.807) is 12.1 Å². The first kappa shape index (κ1) is 18.4. The average Bonchev–Trinajstić information content (AvgIpc) is 3.31. The number of likely N-dealkylation sites (tertiary alicyclic amines) is 1. The van der Waals surface area contributed by atoms with E-state index in [9.17, 15) is 9.18 Å². The first-order valence-corrected chi connectivity index (χ1v) is 9.00. The first-order chi connectivity index (χ1) is 12.6. The van der Waals surface area contributed by atoms with Gasteiger partial charge in [-0.1, -0.05) is 0 Å². The largest absolute Gasteiger partial charge is 0.496 e. The highest BCUT2D eigenvalue weighted by atomic mass is 19.1. The summed E-state index contributed by atoms with van der Waals surface area (Å²) in [4.78, 5) is 14.6. The van der Waals surface area contributed by atoms with Crippen LogP contribution in [0.3, 0.4) is 0 Å². The van der Waals surface area contributed by atoms with Crippen molar-refractivity contribution in [3.63, 3.8) is 0 Å². The van der Waals surface area contributed by atoms with Crippen LogP contribution in [0.5, 0.6) is 5.75 Å². The second-order valence-corrected chi connectivity index (χ2v) is 6.69. The van der Waals surface area contributed by atoms with Crippen LogP contribution < -0.4 is 10.1 Å². The Morgan fingerprint density at radius 1 is 1.38 bits per heavy atom. The molecule has 3 rings (SSSR count). The number of amides is 1. The molecule has 7 heteroatoms. The smallest absolute Gasteiger partial charge is 0.225 e. The van der Waals surface area contributed by atoms with Gasteiger partial charge in [-0.05, 0) is 57.5 Å². The summed E-state index contributed by atoms with van der Waals surface area (Å²) in [6.45, 7) is 4.42. The third kappa shape index (κ3) is 4.40. The molecule has 1 fully saturated rings. The van der Waals surface area contributed by atoms with Crippen molar-refractivity contribution in [2.24, 2.45) is 0 Å². The van der Waals surface area contributed by atoms with Crippen LogP contribution in [0.4, 0.5) is 10.2 Å². The quantitative estimate of drug-likeness (QED) is 0.794. The Morgan fingerprint density at radius 2 is 2.15 bits per heavy atom. The molecule has 26 heavy (non-hydrogen) atoms. The maximum absolute atomic E-state index is 13.5. The number of hydrogen-bond donors (Lipinski definition) is 2. The summed E-state index contributed by atoms with van der Waals surface area (Å²) >= 11 is 0. The maximum atomic E-state index is 13.5. The predicted molar refractivity (Wildman–Crippen MR) is 98.7 cm³/mol. The number of hydrogen-bond acceptors (Lipinski definition) is 4. The molecule has 1 aliphatic heterocycles. The van der Waals surface area contributed by atoms with Gasteiger partial charge in [-0.25, -0.2) is 4.39 Å². The van der Waals surface area contributed by atoms with Gasteiger partial charge in [0.25, 0.3) is 0 Å². The highest BCUT2D eigenvalue weighted by molar-refractivity contribution is 5.90. The number of ether oxygens (including phenoxy) is 1.